The van der Waals surface area contributed by atoms with Gasteiger partial charge in [0.25, 0.3) is 5.91 Å². The van der Waals surface area contributed by atoms with Crippen molar-refractivity contribution in [1.82, 2.24) is 20.5 Å². The average molecular weight is 776 g/mol. The molecular weight excluding hydrogens is 715 g/mol. The van der Waals surface area contributed by atoms with Gasteiger partial charge in [-0.15, -0.1) is 0 Å². The number of rotatable bonds is 21. The van der Waals surface area contributed by atoms with Gasteiger partial charge in [-0.05, 0) is 104 Å². The number of hydrazine groups is 1. The zero-order valence-electron chi connectivity index (χ0n) is 34.0. The average Bonchev–Trinajstić information content (AvgIpc) is 3.56. The van der Waals surface area contributed by atoms with Crippen LogP contribution in [0.5, 0.6) is 11.5 Å². The smallest absolute Gasteiger partial charge is 0.407 e. The Bertz CT molecular complexity index is 1810. The second-order valence-electron chi connectivity index (χ2n) is 15.2. The number of alkyl carbamates (subject to hydrolysis) is 1. The van der Waals surface area contributed by atoms with E-state index in [2.05, 4.69) is 95.3 Å². The summed E-state index contributed by atoms with van der Waals surface area (Å²) in [5.74, 6) is 1.15. The molecule has 3 N–H and O–H groups in total. The van der Waals surface area contributed by atoms with Crippen molar-refractivity contribution in [3.8, 4) is 22.6 Å². The first kappa shape index (κ1) is 41.6. The molecule has 1 unspecified atom stereocenters. The van der Waals surface area contributed by atoms with E-state index in [1.165, 1.54) is 5.56 Å². The Balaban J connectivity index is 1.10. The Morgan fingerprint density at radius 3 is 2.16 bits per heavy atom. The number of likely N-dealkylation sites (tertiary alicyclic amines) is 1. The van der Waals surface area contributed by atoms with Crippen LogP contribution in [-0.4, -0.2) is 80.4 Å². The number of carbonyl (C=O) groups excluding carboxylic acids is 2. The normalized spacial score (nSPS) is 14.7. The lowest BCUT2D eigenvalue weighted by molar-refractivity contribution is -0.123. The molecule has 10 heteroatoms. The summed E-state index contributed by atoms with van der Waals surface area (Å²) in [7, 11) is 0. The Morgan fingerprint density at radius 1 is 0.807 bits per heavy atom. The first-order chi connectivity index (χ1) is 27.9. The van der Waals surface area contributed by atoms with Crippen molar-refractivity contribution in [3.05, 3.63) is 114 Å². The summed E-state index contributed by atoms with van der Waals surface area (Å²) in [4.78, 5) is 32.4. The first-order valence-corrected chi connectivity index (χ1v) is 21.0. The van der Waals surface area contributed by atoms with Gasteiger partial charge in [-0.25, -0.2) is 4.79 Å². The molecular formula is C47H61N5O5. The maximum absolute atomic E-state index is 14.0. The third-order valence-electron chi connectivity index (χ3n) is 11.3. The van der Waals surface area contributed by atoms with E-state index in [4.69, 9.17) is 14.2 Å². The minimum atomic E-state index is -0.809. The predicted molar refractivity (Wildman–Crippen MR) is 228 cm³/mol. The number of amides is 2. The maximum atomic E-state index is 14.0. The van der Waals surface area contributed by atoms with E-state index in [0.717, 1.165) is 93.6 Å². The maximum Gasteiger partial charge on any atom is 0.407 e. The lowest BCUT2D eigenvalue weighted by Gasteiger charge is -2.33. The van der Waals surface area contributed by atoms with Gasteiger partial charge in [0.05, 0.1) is 18.9 Å². The van der Waals surface area contributed by atoms with Crippen LogP contribution in [0.4, 0.5) is 10.5 Å². The molecule has 1 atom stereocenters. The molecule has 1 saturated heterocycles. The van der Waals surface area contributed by atoms with Gasteiger partial charge in [-0.2, -0.15) is 0 Å². The van der Waals surface area contributed by atoms with Crippen LogP contribution >= 0.6 is 0 Å². The number of anilines is 1. The van der Waals surface area contributed by atoms with Crippen LogP contribution in [0, 0.1) is 5.92 Å². The molecule has 2 aliphatic rings. The fraction of sp³-hybridized carbons (Fsp3) is 0.447. The fourth-order valence-corrected chi connectivity index (χ4v) is 7.94. The lowest BCUT2D eigenvalue weighted by Crippen LogP contribution is -2.50. The predicted octanol–water partition coefficient (Wildman–Crippen LogP) is 8.63. The molecule has 1 aliphatic heterocycles. The molecule has 0 saturated carbocycles. The number of hydrogen-bond donors (Lipinski definition) is 3. The molecule has 0 radical (unpaired) electrons. The van der Waals surface area contributed by atoms with E-state index in [1.807, 2.05) is 48.5 Å². The molecule has 6 rings (SSSR count). The second kappa shape index (κ2) is 21.5. The van der Waals surface area contributed by atoms with Gasteiger partial charge in [-0.1, -0.05) is 106 Å². The van der Waals surface area contributed by atoms with Crippen molar-refractivity contribution >= 4 is 17.7 Å². The van der Waals surface area contributed by atoms with E-state index >= 15 is 0 Å². The van der Waals surface area contributed by atoms with Crippen molar-refractivity contribution in [2.75, 3.05) is 58.0 Å². The molecule has 10 nitrogen and oxygen atoms in total. The number of nitrogens with one attached hydrogen (secondary N) is 3. The van der Waals surface area contributed by atoms with Crippen LogP contribution in [0.15, 0.2) is 97.1 Å². The number of nitrogens with zero attached hydrogens (tertiary/aromatic N) is 2. The van der Waals surface area contributed by atoms with E-state index in [0.29, 0.717) is 36.8 Å². The summed E-state index contributed by atoms with van der Waals surface area (Å²) in [5.41, 5.74) is 12.5. The molecule has 0 bridgehead atoms. The molecule has 304 valence electrons. The summed E-state index contributed by atoms with van der Waals surface area (Å²) < 4.78 is 18.2. The lowest BCUT2D eigenvalue weighted by atomic mass is 9.89. The number of fused-ring (bicyclic) bond motifs is 3. The van der Waals surface area contributed by atoms with Gasteiger partial charge >= 0.3 is 6.09 Å². The Labute approximate surface area is 339 Å². The van der Waals surface area contributed by atoms with Crippen molar-refractivity contribution in [3.63, 3.8) is 0 Å². The quantitative estimate of drug-likeness (QED) is 0.0571. The molecule has 2 amide bonds. The van der Waals surface area contributed by atoms with Crippen LogP contribution < -0.4 is 25.6 Å². The summed E-state index contributed by atoms with van der Waals surface area (Å²) >= 11 is 0. The largest absolute Gasteiger partial charge is 0.493 e. The summed E-state index contributed by atoms with van der Waals surface area (Å²) in [6.45, 7) is 13.6. The zero-order chi connectivity index (χ0) is 39.8. The van der Waals surface area contributed by atoms with E-state index in [1.54, 1.807) is 0 Å². The molecule has 0 spiro atoms. The molecule has 57 heavy (non-hydrogen) atoms. The topological polar surface area (TPSA) is 104 Å². The minimum Gasteiger partial charge on any atom is -0.493 e. The number of benzene rings is 4. The van der Waals surface area contributed by atoms with Crippen molar-refractivity contribution in [1.29, 1.82) is 0 Å². The van der Waals surface area contributed by atoms with Crippen LogP contribution in [0.1, 0.15) is 81.9 Å². The summed E-state index contributed by atoms with van der Waals surface area (Å²) in [6.07, 6.45) is 4.58. The number of hydrogen-bond acceptors (Lipinski definition) is 8. The van der Waals surface area contributed by atoms with E-state index in [-0.39, 0.29) is 24.3 Å². The standard InChI is InChI=1S/C47H61N5O5/c1-4-7-29-56-45-32-37(55-30-15-26-51(5-2)6-3)22-23-43(45)49-50-46(53)44(31-35-24-27-52(28-25-35)33-36-16-9-8-10-17-36)48-47(54)57-34-42-40-20-13-11-18-38(40)39-19-12-14-21-41(39)42/h8-14,16-23,32,35,42,44,49H,4-7,15,24-31,33-34H2,1-3H3,(H,48,54)(H,50,53). The van der Waals surface area contributed by atoms with Crippen molar-refractivity contribution < 1.29 is 23.8 Å². The third-order valence-corrected chi connectivity index (χ3v) is 11.3. The molecule has 0 aromatic heterocycles. The molecule has 4 aromatic carbocycles. The van der Waals surface area contributed by atoms with Crippen molar-refractivity contribution in [2.45, 2.75) is 77.8 Å². The van der Waals surface area contributed by atoms with Gasteiger partial charge < -0.3 is 24.4 Å². The summed E-state index contributed by atoms with van der Waals surface area (Å²) in [5, 5.41) is 2.95. The molecule has 4 aromatic rings. The van der Waals surface area contributed by atoms with Gasteiger partial charge in [0.15, 0.2) is 0 Å². The number of unbranched alkanes of at least 4 members (excludes halogenated alkanes) is 1. The number of ether oxygens (including phenoxy) is 3. The van der Waals surface area contributed by atoms with Gasteiger partial charge in [0.1, 0.15) is 24.1 Å². The highest BCUT2D eigenvalue weighted by atomic mass is 16.5. The number of carbonyl (C=O) groups is 2. The Morgan fingerprint density at radius 2 is 1.47 bits per heavy atom. The minimum absolute atomic E-state index is 0.0773. The molecule has 1 aliphatic carbocycles. The molecule has 1 heterocycles. The van der Waals surface area contributed by atoms with Crippen LogP contribution in [0.25, 0.3) is 11.1 Å². The second-order valence-corrected chi connectivity index (χ2v) is 15.2. The van der Waals surface area contributed by atoms with Crippen LogP contribution in [0.2, 0.25) is 0 Å². The van der Waals surface area contributed by atoms with Gasteiger partial charge in [-0.3, -0.25) is 20.5 Å². The summed E-state index contributed by atoms with van der Waals surface area (Å²) in [6, 6.07) is 31.8. The van der Waals surface area contributed by atoms with Crippen LogP contribution in [0.3, 0.4) is 0 Å². The molecule has 1 fully saturated rings. The third kappa shape index (κ3) is 11.7. The number of piperidine rings is 1. The highest BCUT2D eigenvalue weighted by Gasteiger charge is 2.31. The zero-order valence-corrected chi connectivity index (χ0v) is 34.0. The first-order valence-electron chi connectivity index (χ1n) is 21.0. The van der Waals surface area contributed by atoms with Crippen molar-refractivity contribution in [2.24, 2.45) is 5.92 Å². The van der Waals surface area contributed by atoms with Gasteiger partial charge in [0, 0.05) is 25.1 Å². The fourth-order valence-electron chi connectivity index (χ4n) is 7.94. The van der Waals surface area contributed by atoms with E-state index < -0.39 is 12.1 Å². The SMILES string of the molecule is CCCCOc1cc(OCCCN(CC)CC)ccc1NNC(=O)C(CC1CCN(Cc2ccccc2)CC1)NC(=O)OCC1c2ccccc2-c2ccccc21. The Hall–Kier alpha value is -5.06. The van der Waals surface area contributed by atoms with E-state index in [9.17, 15) is 9.59 Å². The van der Waals surface area contributed by atoms with Crippen LogP contribution in [-0.2, 0) is 16.1 Å². The highest BCUT2D eigenvalue weighted by molar-refractivity contribution is 5.87. The highest BCUT2D eigenvalue weighted by Crippen LogP contribution is 2.44. The Kier molecular flexibility index (Phi) is 15.7. The van der Waals surface area contributed by atoms with Gasteiger partial charge in [0.2, 0.25) is 0 Å². The monoisotopic (exact) mass is 775 g/mol.